The van der Waals surface area contributed by atoms with Gasteiger partial charge in [-0.1, -0.05) is 115 Å². The molecule has 0 bridgehead atoms. The van der Waals surface area contributed by atoms with E-state index < -0.39 is 92.2 Å². The molecule has 0 aliphatic heterocycles. The standard InChI is InChI=1S/C40H35F6N5O2S.C18H15F6N5O/c1-37(2,3)54(52)49-38(27-19-21-32(41)22-20-27,31-23-33(42)25-34(24-31)53-40(45,46)36(43)44)26-35-47-50-51(48-35)39(28-13-7-4-8-14-28,29-15-9-5-10-16-29)30-17-11-6-12-18-30;1-29-27-15(26-28-29)9-17(25,10-2-4-12(19)5-3-10)11-6-13(20)8-14(7-11)30-18(23,24)16(21)22/h4-25,36,49H,26H2,1-3H3;2-8,16H,9,25H2,1H3/t38-,54?;17-/m11/s1. The van der Waals surface area contributed by atoms with E-state index in [2.05, 4.69) is 39.9 Å². The van der Waals surface area contributed by atoms with Crippen LogP contribution in [0, 0.1) is 23.3 Å². The van der Waals surface area contributed by atoms with Gasteiger partial charge in [0.2, 0.25) is 0 Å². The number of rotatable bonds is 20. The van der Waals surface area contributed by atoms with Crippen molar-refractivity contribution in [2.45, 2.75) is 80.0 Å². The summed E-state index contributed by atoms with van der Waals surface area (Å²) in [5, 5.41) is 25.4. The first-order chi connectivity index (χ1) is 39.6. The third-order valence-electron chi connectivity index (χ3n) is 13.0. The number of nitrogens with zero attached hydrogens (tertiary/aromatic N) is 8. The van der Waals surface area contributed by atoms with Gasteiger partial charge in [-0.25, -0.2) is 26.5 Å². The number of alkyl halides is 8. The van der Waals surface area contributed by atoms with Gasteiger partial charge in [0, 0.05) is 25.0 Å². The molecule has 2 heterocycles. The molecule has 7 aromatic carbocycles. The van der Waals surface area contributed by atoms with Crippen molar-refractivity contribution in [1.82, 2.24) is 45.1 Å². The first-order valence-electron chi connectivity index (χ1n) is 25.2. The van der Waals surface area contributed by atoms with Gasteiger partial charge < -0.3 is 15.2 Å². The largest absolute Gasteiger partial charge is 0.461 e. The summed E-state index contributed by atoms with van der Waals surface area (Å²) >= 11 is 0. The van der Waals surface area contributed by atoms with Crippen molar-refractivity contribution in [3.8, 4) is 11.5 Å². The van der Waals surface area contributed by atoms with Crippen LogP contribution in [0.5, 0.6) is 11.5 Å². The molecule has 13 nitrogen and oxygen atoms in total. The average molecular weight is 1200 g/mol. The monoisotopic (exact) mass is 1190 g/mol. The van der Waals surface area contributed by atoms with Gasteiger partial charge in [-0.3, -0.25) is 0 Å². The second-order valence-electron chi connectivity index (χ2n) is 20.0. The van der Waals surface area contributed by atoms with Crippen molar-refractivity contribution in [2.24, 2.45) is 12.8 Å². The number of tetrazole rings is 2. The predicted octanol–water partition coefficient (Wildman–Crippen LogP) is 11.7. The van der Waals surface area contributed by atoms with Crippen molar-refractivity contribution in [3.63, 3.8) is 0 Å². The molecule has 26 heteroatoms. The Balaban J connectivity index is 0.000000259. The summed E-state index contributed by atoms with van der Waals surface area (Å²) in [4.78, 5) is 2.57. The molecule has 84 heavy (non-hydrogen) atoms. The predicted molar refractivity (Wildman–Crippen MR) is 284 cm³/mol. The lowest BCUT2D eigenvalue weighted by Crippen LogP contribution is -2.50. The normalized spacial score (nSPS) is 14.1. The molecule has 2 aromatic heterocycles. The Morgan fingerprint density at radius 1 is 0.512 bits per heavy atom. The van der Waals surface area contributed by atoms with Crippen LogP contribution >= 0.6 is 0 Å². The van der Waals surface area contributed by atoms with Crippen LogP contribution in [0.15, 0.2) is 176 Å². The minimum atomic E-state index is -4.97. The van der Waals surface area contributed by atoms with Gasteiger partial charge >= 0.3 is 25.1 Å². The molecule has 0 aliphatic carbocycles. The zero-order valence-corrected chi connectivity index (χ0v) is 45.5. The summed E-state index contributed by atoms with van der Waals surface area (Å²) < 4.78 is 188. The molecule has 0 fully saturated rings. The number of benzene rings is 7. The number of hydrogen-bond donors (Lipinski definition) is 2. The highest BCUT2D eigenvalue weighted by molar-refractivity contribution is 7.84. The summed E-state index contributed by atoms with van der Waals surface area (Å²) in [7, 11) is -0.490. The first kappa shape index (κ1) is 61.6. The molecule has 0 saturated heterocycles. The molecule has 3 atom stereocenters. The lowest BCUT2D eigenvalue weighted by atomic mass is 9.77. The van der Waals surface area contributed by atoms with Crippen LogP contribution in [0.25, 0.3) is 0 Å². The van der Waals surface area contributed by atoms with Crippen molar-refractivity contribution in [2.75, 3.05) is 0 Å². The van der Waals surface area contributed by atoms with E-state index in [1.54, 1.807) is 20.8 Å². The minimum Gasteiger partial charge on any atom is -0.428 e. The maximum Gasteiger partial charge on any atom is 0.461 e. The third kappa shape index (κ3) is 13.6. The van der Waals surface area contributed by atoms with Crippen LogP contribution in [0.1, 0.15) is 71.4 Å². The number of aromatic nitrogens is 8. The Kier molecular flexibility index (Phi) is 18.2. The van der Waals surface area contributed by atoms with Gasteiger partial charge in [-0.2, -0.15) is 39.9 Å². The van der Waals surface area contributed by atoms with E-state index in [-0.39, 0.29) is 46.7 Å². The SMILES string of the molecule is CC(C)(C)S(=O)N[C@](Cc1nnn(C(c2ccccc2)(c2ccccc2)c2ccccc2)n1)(c1ccc(F)cc1)c1cc(F)cc(OC(F)(F)C(F)F)c1.Cn1nnc(C[C@@](N)(c2ccc(F)cc2)c2cc(F)cc(OC(F)(F)C(F)F)c2)n1. The molecule has 9 rings (SSSR count). The number of hydrogen-bond acceptors (Lipinski definition) is 10. The van der Waals surface area contributed by atoms with E-state index >= 15 is 4.39 Å². The lowest BCUT2D eigenvalue weighted by molar-refractivity contribution is -0.253. The summed E-state index contributed by atoms with van der Waals surface area (Å²) in [6, 6.07) is 42.9. The van der Waals surface area contributed by atoms with Crippen LogP contribution < -0.4 is 19.9 Å². The molecule has 0 amide bonds. The highest BCUT2D eigenvalue weighted by Crippen LogP contribution is 2.42. The molecule has 0 radical (unpaired) electrons. The van der Waals surface area contributed by atoms with Crippen LogP contribution in [0.2, 0.25) is 0 Å². The van der Waals surface area contributed by atoms with Gasteiger partial charge in [0.15, 0.2) is 17.2 Å². The first-order valence-corrected chi connectivity index (χ1v) is 26.3. The topological polar surface area (TPSA) is 161 Å². The van der Waals surface area contributed by atoms with Gasteiger partial charge in [0.1, 0.15) is 34.8 Å². The van der Waals surface area contributed by atoms with Crippen LogP contribution in [-0.4, -0.2) is 74.4 Å². The van der Waals surface area contributed by atoms with E-state index in [1.165, 1.54) is 36.1 Å². The molecule has 1 unspecified atom stereocenters. The minimum absolute atomic E-state index is 0.00884. The fraction of sp³-hybridized carbons (Fsp3) is 0.241. The van der Waals surface area contributed by atoms with Gasteiger partial charge in [-0.05, 0) is 119 Å². The number of nitrogens with one attached hydrogen (secondary N) is 1. The highest BCUT2D eigenvalue weighted by Gasteiger charge is 2.48. The maximum atomic E-state index is 15.4. The Labute approximate surface area is 475 Å². The van der Waals surface area contributed by atoms with Crippen LogP contribution in [-0.2, 0) is 47.5 Å². The Morgan fingerprint density at radius 2 is 0.929 bits per heavy atom. The molecule has 0 saturated carbocycles. The fourth-order valence-corrected chi connectivity index (χ4v) is 9.99. The summed E-state index contributed by atoms with van der Waals surface area (Å²) in [6.45, 7) is 4.99. The maximum absolute atomic E-state index is 15.4. The van der Waals surface area contributed by atoms with E-state index in [0.29, 0.717) is 12.1 Å². The zero-order chi connectivity index (χ0) is 60.8. The van der Waals surface area contributed by atoms with Crippen LogP contribution in [0.4, 0.5) is 52.7 Å². The van der Waals surface area contributed by atoms with Gasteiger partial charge in [0.05, 0.1) is 33.9 Å². The quantitative estimate of drug-likeness (QED) is 0.0555. The molecular weight excluding hydrogens is 1140 g/mol. The average Bonchev–Trinajstić information content (AvgIpc) is 2.39. The summed E-state index contributed by atoms with van der Waals surface area (Å²) in [5.74, 6) is -5.06. The third-order valence-corrected chi connectivity index (χ3v) is 14.7. The Morgan fingerprint density at radius 3 is 1.36 bits per heavy atom. The number of ether oxygens (including phenoxy) is 2. The number of halogens is 12. The van der Waals surface area contributed by atoms with Crippen LogP contribution in [0.3, 0.4) is 0 Å². The molecule has 0 aliphatic rings. The molecular formula is C58H50F12N10O3S. The smallest absolute Gasteiger partial charge is 0.428 e. The Hall–Kier alpha value is -8.49. The zero-order valence-electron chi connectivity index (χ0n) is 44.6. The molecule has 9 aromatic rings. The molecule has 0 spiro atoms. The summed E-state index contributed by atoms with van der Waals surface area (Å²) in [5.41, 5.74) is 4.24. The van der Waals surface area contributed by atoms with E-state index in [9.17, 15) is 52.5 Å². The van der Waals surface area contributed by atoms with Crippen molar-refractivity contribution >= 4 is 11.0 Å². The van der Waals surface area contributed by atoms with Gasteiger partial charge in [-0.15, -0.1) is 25.2 Å². The van der Waals surface area contributed by atoms with Crippen molar-refractivity contribution in [1.29, 1.82) is 0 Å². The summed E-state index contributed by atoms with van der Waals surface area (Å²) in [6.07, 6.45) is -18.7. The molecule has 3 N–H and O–H groups in total. The number of aryl methyl sites for hydroxylation is 1. The van der Waals surface area contributed by atoms with E-state index in [1.807, 2.05) is 91.0 Å². The van der Waals surface area contributed by atoms with Crippen molar-refractivity contribution in [3.05, 3.63) is 250 Å². The fourth-order valence-electron chi connectivity index (χ4n) is 9.06. The molecule has 440 valence electrons. The van der Waals surface area contributed by atoms with Gasteiger partial charge in [0.25, 0.3) is 0 Å². The number of nitrogens with two attached hydrogens (primary N) is 1. The van der Waals surface area contributed by atoms with Crippen molar-refractivity contribution < 1.29 is 66.4 Å². The van der Waals surface area contributed by atoms with E-state index in [4.69, 9.17) is 10.8 Å². The lowest BCUT2D eigenvalue weighted by Gasteiger charge is -2.37. The highest BCUT2D eigenvalue weighted by atomic mass is 32.2. The Bertz CT molecular complexity index is 3580. The second-order valence-corrected chi connectivity index (χ2v) is 22.0. The van der Waals surface area contributed by atoms with E-state index in [0.717, 1.165) is 70.0 Å². The second kappa shape index (κ2) is 24.8.